The maximum atomic E-state index is 13.1. The highest BCUT2D eigenvalue weighted by atomic mass is 19.4. The molecule has 3 aromatic rings. The average molecular weight is 311 g/mol. The third kappa shape index (κ3) is 2.69. The Kier molecular flexibility index (Phi) is 3.39. The van der Waals surface area contributed by atoms with E-state index in [9.17, 15) is 17.6 Å². The van der Waals surface area contributed by atoms with Crippen LogP contribution < -0.4 is 5.32 Å². The normalized spacial score (nSPS) is 11.8. The topological polar surface area (TPSA) is 66.5 Å². The number of nitrogens with one attached hydrogen (secondary N) is 2. The van der Waals surface area contributed by atoms with Gasteiger partial charge in [-0.2, -0.15) is 13.2 Å². The highest BCUT2D eigenvalue weighted by Crippen LogP contribution is 2.33. The van der Waals surface area contributed by atoms with Gasteiger partial charge in [0.1, 0.15) is 17.7 Å². The third-order valence-corrected chi connectivity index (χ3v) is 3.04. The summed E-state index contributed by atoms with van der Waals surface area (Å²) in [6.07, 6.45) is -1.96. The molecular formula is C13H9F4N5. The Morgan fingerprint density at radius 2 is 1.95 bits per heavy atom. The highest BCUT2D eigenvalue weighted by molar-refractivity contribution is 5.81. The molecule has 0 amide bonds. The van der Waals surface area contributed by atoms with Gasteiger partial charge in [-0.15, -0.1) is 0 Å². The van der Waals surface area contributed by atoms with Crippen LogP contribution in [0.3, 0.4) is 0 Å². The van der Waals surface area contributed by atoms with Gasteiger partial charge in [-0.05, 0) is 17.7 Å². The van der Waals surface area contributed by atoms with Gasteiger partial charge in [-0.1, -0.05) is 6.07 Å². The van der Waals surface area contributed by atoms with E-state index >= 15 is 0 Å². The van der Waals surface area contributed by atoms with E-state index in [1.54, 1.807) is 0 Å². The lowest BCUT2D eigenvalue weighted by atomic mass is 10.1. The molecule has 114 valence electrons. The van der Waals surface area contributed by atoms with Gasteiger partial charge < -0.3 is 10.3 Å². The molecule has 22 heavy (non-hydrogen) atoms. The number of hydrogen-bond donors (Lipinski definition) is 2. The molecule has 0 spiro atoms. The van der Waals surface area contributed by atoms with Gasteiger partial charge in [0, 0.05) is 6.54 Å². The summed E-state index contributed by atoms with van der Waals surface area (Å²) in [6.45, 7) is -0.173. The van der Waals surface area contributed by atoms with Crippen LogP contribution >= 0.6 is 0 Å². The molecule has 0 saturated heterocycles. The first-order valence-electron chi connectivity index (χ1n) is 6.19. The monoisotopic (exact) mass is 311 g/mol. The number of imidazole rings is 1. The number of rotatable bonds is 3. The molecule has 0 unspecified atom stereocenters. The van der Waals surface area contributed by atoms with Crippen molar-refractivity contribution in [2.75, 3.05) is 5.32 Å². The van der Waals surface area contributed by atoms with Crippen molar-refractivity contribution < 1.29 is 17.6 Å². The van der Waals surface area contributed by atoms with E-state index in [0.717, 1.165) is 12.1 Å². The zero-order valence-corrected chi connectivity index (χ0v) is 10.9. The first-order valence-corrected chi connectivity index (χ1v) is 6.19. The summed E-state index contributed by atoms with van der Waals surface area (Å²) in [5.41, 5.74) is -0.227. The molecule has 0 fully saturated rings. The molecular weight excluding hydrogens is 302 g/mol. The van der Waals surface area contributed by atoms with Crippen LogP contribution in [0.25, 0.3) is 11.2 Å². The van der Waals surface area contributed by atoms with Crippen molar-refractivity contribution in [1.29, 1.82) is 0 Å². The fourth-order valence-electron chi connectivity index (χ4n) is 2.04. The second-order valence-electron chi connectivity index (χ2n) is 4.47. The van der Waals surface area contributed by atoms with Gasteiger partial charge in [-0.3, -0.25) is 0 Å². The molecule has 0 bridgehead atoms. The number of fused-ring (bicyclic) bond motifs is 1. The number of H-pyrrole nitrogens is 1. The molecule has 2 N–H and O–H groups in total. The number of anilines is 1. The van der Waals surface area contributed by atoms with E-state index < -0.39 is 17.6 Å². The quantitative estimate of drug-likeness (QED) is 0.729. The van der Waals surface area contributed by atoms with Crippen molar-refractivity contribution in [3.8, 4) is 0 Å². The molecule has 2 heterocycles. The number of alkyl halides is 3. The van der Waals surface area contributed by atoms with Crippen molar-refractivity contribution in [1.82, 2.24) is 19.9 Å². The molecule has 0 saturated carbocycles. The van der Waals surface area contributed by atoms with Crippen LogP contribution in [0.5, 0.6) is 0 Å². The first-order chi connectivity index (χ1) is 10.4. The van der Waals surface area contributed by atoms with E-state index in [2.05, 4.69) is 25.3 Å². The van der Waals surface area contributed by atoms with Gasteiger partial charge in [0.2, 0.25) is 0 Å². The first kappa shape index (κ1) is 14.2. The minimum Gasteiger partial charge on any atom is -0.364 e. The minimum atomic E-state index is -4.63. The lowest BCUT2D eigenvalue weighted by molar-refractivity contribution is -0.138. The summed E-state index contributed by atoms with van der Waals surface area (Å²) in [5, 5.41) is 2.77. The van der Waals surface area contributed by atoms with E-state index in [4.69, 9.17) is 0 Å². The Balaban J connectivity index is 1.90. The predicted octanol–water partition coefficient (Wildman–Crippen LogP) is 3.12. The summed E-state index contributed by atoms with van der Waals surface area (Å²) in [7, 11) is 0. The van der Waals surface area contributed by atoms with Gasteiger partial charge in [0.15, 0.2) is 11.5 Å². The second kappa shape index (κ2) is 5.24. The Bertz CT molecular complexity index is 812. The van der Waals surface area contributed by atoms with E-state index in [-0.39, 0.29) is 12.1 Å². The Morgan fingerprint density at radius 3 is 2.73 bits per heavy atom. The number of aromatic amines is 1. The molecule has 2 aromatic heterocycles. The Morgan fingerprint density at radius 1 is 1.14 bits per heavy atom. The summed E-state index contributed by atoms with van der Waals surface area (Å²) in [6, 6.07) is 2.55. The van der Waals surface area contributed by atoms with Crippen molar-refractivity contribution in [3.63, 3.8) is 0 Å². The van der Waals surface area contributed by atoms with E-state index in [1.807, 2.05) is 0 Å². The summed E-state index contributed by atoms with van der Waals surface area (Å²) in [4.78, 5) is 14.6. The molecule has 0 aliphatic heterocycles. The Labute approximate surface area is 121 Å². The largest absolute Gasteiger partial charge is 0.416 e. The molecule has 0 radical (unpaired) electrons. The molecule has 9 heteroatoms. The minimum absolute atomic E-state index is 0.0869. The average Bonchev–Trinajstić information content (AvgIpc) is 2.94. The lowest BCUT2D eigenvalue weighted by Gasteiger charge is -2.13. The van der Waals surface area contributed by atoms with Crippen molar-refractivity contribution in [2.45, 2.75) is 12.7 Å². The van der Waals surface area contributed by atoms with E-state index in [0.29, 0.717) is 23.0 Å². The van der Waals surface area contributed by atoms with Gasteiger partial charge in [0.25, 0.3) is 0 Å². The number of benzene rings is 1. The van der Waals surface area contributed by atoms with Crippen LogP contribution in [-0.4, -0.2) is 19.9 Å². The molecule has 0 atom stereocenters. The second-order valence-corrected chi connectivity index (χ2v) is 4.47. The summed E-state index contributed by atoms with van der Waals surface area (Å²) < 4.78 is 51.8. The maximum Gasteiger partial charge on any atom is 0.416 e. The number of hydrogen-bond acceptors (Lipinski definition) is 4. The lowest BCUT2D eigenvalue weighted by Crippen LogP contribution is -2.13. The summed E-state index contributed by atoms with van der Waals surface area (Å²) >= 11 is 0. The SMILES string of the molecule is Fc1ccc(CNc2ncnc3[nH]cnc23)c(C(F)(F)F)c1. The predicted molar refractivity (Wildman–Crippen MR) is 70.4 cm³/mol. The number of nitrogens with zero attached hydrogens (tertiary/aromatic N) is 3. The zero-order chi connectivity index (χ0) is 15.7. The maximum absolute atomic E-state index is 13.1. The zero-order valence-electron chi connectivity index (χ0n) is 10.9. The van der Waals surface area contributed by atoms with Crippen molar-refractivity contribution in [3.05, 3.63) is 47.8 Å². The van der Waals surface area contributed by atoms with Crippen molar-refractivity contribution in [2.24, 2.45) is 0 Å². The van der Waals surface area contributed by atoms with Crippen LogP contribution in [0.15, 0.2) is 30.9 Å². The smallest absolute Gasteiger partial charge is 0.364 e. The molecule has 5 nitrogen and oxygen atoms in total. The number of halogens is 4. The van der Waals surface area contributed by atoms with Crippen LogP contribution in [0.2, 0.25) is 0 Å². The van der Waals surface area contributed by atoms with Crippen LogP contribution in [0.1, 0.15) is 11.1 Å². The van der Waals surface area contributed by atoms with Crippen LogP contribution in [0.4, 0.5) is 23.4 Å². The number of aromatic nitrogens is 4. The van der Waals surface area contributed by atoms with Crippen molar-refractivity contribution >= 4 is 17.0 Å². The third-order valence-electron chi connectivity index (χ3n) is 3.04. The standard InChI is InChI=1S/C13H9F4N5/c14-8-2-1-7(9(3-8)13(15,16)17)4-18-11-10-12(20-5-19-10)22-6-21-11/h1-3,5-6H,4H2,(H2,18,19,20,21,22). The van der Waals surface area contributed by atoms with Gasteiger partial charge >= 0.3 is 6.18 Å². The molecule has 1 aromatic carbocycles. The summed E-state index contributed by atoms with van der Waals surface area (Å²) in [5.74, 6) is -0.642. The highest BCUT2D eigenvalue weighted by Gasteiger charge is 2.33. The van der Waals surface area contributed by atoms with Crippen LogP contribution in [0, 0.1) is 5.82 Å². The van der Waals surface area contributed by atoms with Gasteiger partial charge in [-0.25, -0.2) is 19.3 Å². The van der Waals surface area contributed by atoms with Gasteiger partial charge in [0.05, 0.1) is 11.9 Å². The fraction of sp³-hybridized carbons (Fsp3) is 0.154. The van der Waals surface area contributed by atoms with Crippen LogP contribution in [-0.2, 0) is 12.7 Å². The molecule has 0 aliphatic carbocycles. The van der Waals surface area contributed by atoms with E-state index in [1.165, 1.54) is 12.7 Å². The Hall–Kier alpha value is -2.71. The fourth-order valence-corrected chi connectivity index (χ4v) is 2.04. The molecule has 3 rings (SSSR count). The molecule has 0 aliphatic rings.